The number of benzene rings is 1. The molecule has 1 aromatic rings. The van der Waals surface area contributed by atoms with E-state index in [1.807, 2.05) is 13.0 Å². The van der Waals surface area contributed by atoms with Crippen LogP contribution in [-0.4, -0.2) is 28.8 Å². The summed E-state index contributed by atoms with van der Waals surface area (Å²) in [7, 11) is 0. The monoisotopic (exact) mass is 251 g/mol. The molecule has 0 spiro atoms. The molecule has 4 nitrogen and oxygen atoms in total. The van der Waals surface area contributed by atoms with Crippen molar-refractivity contribution in [3.8, 4) is 0 Å². The molecule has 1 saturated heterocycles. The number of nitrogens with zero attached hydrogens (tertiary/aromatic N) is 1. The van der Waals surface area contributed by atoms with Crippen LogP contribution in [-0.2, 0) is 4.79 Å². The Morgan fingerprint density at radius 1 is 1.47 bits per heavy atom. The summed E-state index contributed by atoms with van der Waals surface area (Å²) >= 11 is 4.27. The quantitative estimate of drug-likeness (QED) is 0.787. The van der Waals surface area contributed by atoms with Crippen LogP contribution in [0, 0.1) is 6.92 Å². The maximum Gasteiger partial charge on any atom is 0.335 e. The van der Waals surface area contributed by atoms with Crippen LogP contribution in [0.25, 0.3) is 0 Å². The first kappa shape index (κ1) is 12.0. The minimum Gasteiger partial charge on any atom is -0.478 e. The van der Waals surface area contributed by atoms with E-state index in [1.165, 1.54) is 6.07 Å². The third kappa shape index (κ3) is 2.44. The highest BCUT2D eigenvalue weighted by Gasteiger charge is 2.28. The van der Waals surface area contributed by atoms with Crippen molar-refractivity contribution in [1.29, 1.82) is 0 Å². The Morgan fingerprint density at radius 3 is 2.71 bits per heavy atom. The van der Waals surface area contributed by atoms with Gasteiger partial charge in [0.2, 0.25) is 5.91 Å². The van der Waals surface area contributed by atoms with Crippen LogP contribution in [0.5, 0.6) is 0 Å². The maximum absolute atomic E-state index is 11.7. The first-order chi connectivity index (χ1) is 7.97. The van der Waals surface area contributed by atoms with Crippen LogP contribution < -0.4 is 4.90 Å². The molecule has 1 aliphatic heterocycles. The van der Waals surface area contributed by atoms with Gasteiger partial charge in [-0.15, -0.1) is 0 Å². The number of carboxylic acids is 1. The molecular weight excluding hydrogens is 238 g/mol. The Morgan fingerprint density at radius 2 is 2.18 bits per heavy atom. The molecule has 17 heavy (non-hydrogen) atoms. The van der Waals surface area contributed by atoms with Crippen molar-refractivity contribution < 1.29 is 14.7 Å². The molecule has 2 rings (SSSR count). The number of carbonyl (C=O) groups excluding carboxylic acids is 1. The van der Waals surface area contributed by atoms with Crippen LogP contribution in [0.1, 0.15) is 22.3 Å². The van der Waals surface area contributed by atoms with Gasteiger partial charge in [0.15, 0.2) is 0 Å². The Hall–Kier alpha value is -1.49. The summed E-state index contributed by atoms with van der Waals surface area (Å²) in [6, 6.07) is 4.93. The van der Waals surface area contributed by atoms with Crippen molar-refractivity contribution in [2.75, 3.05) is 11.4 Å². The Labute approximate surface area is 105 Å². The second kappa shape index (κ2) is 4.41. The summed E-state index contributed by atoms with van der Waals surface area (Å²) in [4.78, 5) is 24.2. The molecule has 1 atom stereocenters. The van der Waals surface area contributed by atoms with Crippen LogP contribution >= 0.6 is 12.6 Å². The number of carbonyl (C=O) groups is 2. The number of aromatic carboxylic acids is 1. The molecule has 0 radical (unpaired) electrons. The van der Waals surface area contributed by atoms with Gasteiger partial charge in [0.05, 0.1) is 5.56 Å². The number of rotatable bonds is 2. The fraction of sp³-hybridized carbons (Fsp3) is 0.333. The molecule has 0 saturated carbocycles. The zero-order chi connectivity index (χ0) is 12.6. The molecule has 1 aliphatic rings. The van der Waals surface area contributed by atoms with Crippen molar-refractivity contribution in [3.05, 3.63) is 29.3 Å². The van der Waals surface area contributed by atoms with E-state index in [-0.39, 0.29) is 16.7 Å². The molecular formula is C12H13NO3S. The minimum atomic E-state index is -0.982. The fourth-order valence-electron chi connectivity index (χ4n) is 1.98. The molecule has 1 heterocycles. The van der Waals surface area contributed by atoms with Crippen molar-refractivity contribution in [3.63, 3.8) is 0 Å². The lowest BCUT2D eigenvalue weighted by Gasteiger charge is -2.17. The highest BCUT2D eigenvalue weighted by molar-refractivity contribution is 7.81. The third-order valence-electron chi connectivity index (χ3n) is 2.73. The van der Waals surface area contributed by atoms with Gasteiger partial charge in [0, 0.05) is 23.9 Å². The Kier molecular flexibility index (Phi) is 3.11. The molecule has 5 heteroatoms. The largest absolute Gasteiger partial charge is 0.478 e. The molecule has 1 fully saturated rings. The summed E-state index contributed by atoms with van der Waals surface area (Å²) in [5.41, 5.74) is 1.68. The summed E-state index contributed by atoms with van der Waals surface area (Å²) < 4.78 is 0. The SMILES string of the molecule is Cc1cc(C(=O)O)cc(N2CC(S)CC2=O)c1. The molecule has 1 unspecified atom stereocenters. The van der Waals surface area contributed by atoms with E-state index < -0.39 is 5.97 Å². The Bertz CT molecular complexity index is 487. The predicted molar refractivity (Wildman–Crippen MR) is 67.9 cm³/mol. The number of hydrogen-bond donors (Lipinski definition) is 2. The van der Waals surface area contributed by atoms with E-state index in [0.717, 1.165) is 5.56 Å². The van der Waals surface area contributed by atoms with E-state index in [1.54, 1.807) is 11.0 Å². The average Bonchev–Trinajstić information content (AvgIpc) is 2.57. The second-order valence-corrected chi connectivity index (χ2v) is 4.95. The molecule has 0 aliphatic carbocycles. The van der Waals surface area contributed by atoms with Gasteiger partial charge in [-0.2, -0.15) is 12.6 Å². The standard InChI is InChI=1S/C12H13NO3S/c1-7-2-8(12(15)16)4-9(3-7)13-6-10(17)5-11(13)14/h2-4,10,17H,5-6H2,1H3,(H,15,16). The maximum atomic E-state index is 11.7. The van der Waals surface area contributed by atoms with Crippen molar-refractivity contribution in [2.45, 2.75) is 18.6 Å². The number of thiol groups is 1. The van der Waals surface area contributed by atoms with Gasteiger partial charge >= 0.3 is 5.97 Å². The zero-order valence-electron chi connectivity index (χ0n) is 9.38. The predicted octanol–water partition coefficient (Wildman–Crippen LogP) is 1.73. The van der Waals surface area contributed by atoms with E-state index in [4.69, 9.17) is 5.11 Å². The average molecular weight is 251 g/mol. The molecule has 90 valence electrons. The van der Waals surface area contributed by atoms with Gasteiger partial charge in [0.25, 0.3) is 0 Å². The Balaban J connectivity index is 2.39. The lowest BCUT2D eigenvalue weighted by molar-refractivity contribution is -0.117. The summed E-state index contributed by atoms with van der Waals surface area (Å²) in [6.07, 6.45) is 0.402. The normalized spacial score (nSPS) is 19.8. The topological polar surface area (TPSA) is 57.6 Å². The molecule has 1 N–H and O–H groups in total. The van der Waals surface area contributed by atoms with Crippen molar-refractivity contribution in [2.24, 2.45) is 0 Å². The highest BCUT2D eigenvalue weighted by atomic mass is 32.1. The van der Waals surface area contributed by atoms with Gasteiger partial charge < -0.3 is 10.0 Å². The van der Waals surface area contributed by atoms with Gasteiger partial charge in [-0.05, 0) is 30.7 Å². The number of anilines is 1. The first-order valence-corrected chi connectivity index (χ1v) is 5.82. The number of hydrogen-bond acceptors (Lipinski definition) is 3. The number of carboxylic acid groups (broad SMARTS) is 1. The van der Waals surface area contributed by atoms with E-state index >= 15 is 0 Å². The van der Waals surface area contributed by atoms with E-state index in [2.05, 4.69) is 12.6 Å². The molecule has 1 aromatic carbocycles. The van der Waals surface area contributed by atoms with E-state index in [0.29, 0.717) is 18.7 Å². The fourth-order valence-corrected chi connectivity index (χ4v) is 2.30. The summed E-state index contributed by atoms with van der Waals surface area (Å²) in [5.74, 6) is -0.990. The molecule has 1 amide bonds. The second-order valence-electron chi connectivity index (χ2n) is 4.22. The van der Waals surface area contributed by atoms with Gasteiger partial charge in [-0.25, -0.2) is 4.79 Å². The highest BCUT2D eigenvalue weighted by Crippen LogP contribution is 2.26. The molecule has 0 aromatic heterocycles. The van der Waals surface area contributed by atoms with Gasteiger partial charge in [0.1, 0.15) is 0 Å². The van der Waals surface area contributed by atoms with E-state index in [9.17, 15) is 9.59 Å². The first-order valence-electron chi connectivity index (χ1n) is 5.31. The van der Waals surface area contributed by atoms with Crippen molar-refractivity contribution >= 4 is 30.2 Å². The summed E-state index contributed by atoms with van der Waals surface area (Å²) in [6.45, 7) is 2.35. The van der Waals surface area contributed by atoms with Crippen LogP contribution in [0.2, 0.25) is 0 Å². The third-order valence-corrected chi connectivity index (χ3v) is 3.07. The minimum absolute atomic E-state index is 0.00746. The lowest BCUT2D eigenvalue weighted by atomic mass is 10.1. The number of amides is 1. The zero-order valence-corrected chi connectivity index (χ0v) is 10.3. The molecule has 0 bridgehead atoms. The van der Waals surface area contributed by atoms with Crippen LogP contribution in [0.3, 0.4) is 0 Å². The smallest absolute Gasteiger partial charge is 0.335 e. The van der Waals surface area contributed by atoms with Crippen molar-refractivity contribution in [1.82, 2.24) is 0 Å². The van der Waals surface area contributed by atoms with Gasteiger partial charge in [-0.3, -0.25) is 4.79 Å². The lowest BCUT2D eigenvalue weighted by Crippen LogP contribution is -2.25. The number of aryl methyl sites for hydroxylation is 1. The summed E-state index contributed by atoms with van der Waals surface area (Å²) in [5, 5.41) is 9.00. The van der Waals surface area contributed by atoms with Crippen LogP contribution in [0.15, 0.2) is 18.2 Å². The van der Waals surface area contributed by atoms with Crippen LogP contribution in [0.4, 0.5) is 5.69 Å². The van der Waals surface area contributed by atoms with Gasteiger partial charge in [-0.1, -0.05) is 0 Å².